The van der Waals surface area contributed by atoms with Crippen LogP contribution in [0.3, 0.4) is 0 Å². The van der Waals surface area contributed by atoms with Gasteiger partial charge in [-0.1, -0.05) is 115 Å². The van der Waals surface area contributed by atoms with E-state index in [1.165, 1.54) is 0 Å². The maximum atomic E-state index is 13.5. The molecule has 0 heterocycles. The zero-order chi connectivity index (χ0) is 21.8. The van der Waals surface area contributed by atoms with E-state index in [4.69, 9.17) is 4.74 Å². The summed E-state index contributed by atoms with van der Waals surface area (Å²) < 4.78 is 5.97. The van der Waals surface area contributed by atoms with Crippen molar-refractivity contribution in [2.75, 3.05) is 0 Å². The van der Waals surface area contributed by atoms with Gasteiger partial charge in [-0.2, -0.15) is 0 Å². The molecule has 0 saturated heterocycles. The molecular weight excluding hydrogens is 392 g/mol. The second-order valence-electron chi connectivity index (χ2n) is 7.70. The molecular formula is C30H22O2. The molecule has 2 heteroatoms. The number of esters is 1. The smallest absolute Gasteiger partial charge is 0.343 e. The van der Waals surface area contributed by atoms with Gasteiger partial charge >= 0.3 is 5.97 Å². The highest BCUT2D eigenvalue weighted by Gasteiger charge is 2.18. The summed E-state index contributed by atoms with van der Waals surface area (Å²) >= 11 is 0. The molecule has 0 aliphatic heterocycles. The van der Waals surface area contributed by atoms with Gasteiger partial charge in [0.1, 0.15) is 5.75 Å². The number of rotatable bonds is 5. The summed E-state index contributed by atoms with van der Waals surface area (Å²) in [5.41, 5.74) is 2.59. The van der Waals surface area contributed by atoms with Crippen LogP contribution in [0, 0.1) is 0 Å². The van der Waals surface area contributed by atoms with Crippen LogP contribution in [-0.2, 0) is 11.2 Å². The standard InChI is InChI=1S/C30H22O2/c31-30(32-29-19-9-15-24-13-5-7-17-26(24)29)28(21-20-22-10-2-1-3-11-22)27-18-8-14-23-12-4-6-16-25(23)27/h1-19,21H,20H2. The summed E-state index contributed by atoms with van der Waals surface area (Å²) in [6, 6.07) is 38.0. The first kappa shape index (κ1) is 19.8. The molecule has 0 radical (unpaired) electrons. The number of hydrogen-bond acceptors (Lipinski definition) is 2. The largest absolute Gasteiger partial charge is 0.422 e. The third-order valence-corrected chi connectivity index (χ3v) is 5.64. The average Bonchev–Trinajstić information content (AvgIpc) is 2.85. The highest BCUT2D eigenvalue weighted by atomic mass is 16.5. The summed E-state index contributed by atoms with van der Waals surface area (Å²) in [5.74, 6) is 0.215. The Balaban J connectivity index is 1.58. The van der Waals surface area contributed by atoms with Crippen LogP contribution in [0.2, 0.25) is 0 Å². The lowest BCUT2D eigenvalue weighted by Crippen LogP contribution is -2.11. The van der Waals surface area contributed by atoms with E-state index in [1.807, 2.05) is 97.1 Å². The second kappa shape index (κ2) is 8.91. The summed E-state index contributed by atoms with van der Waals surface area (Å²) in [5, 5.41) is 4.08. The zero-order valence-corrected chi connectivity index (χ0v) is 17.6. The van der Waals surface area contributed by atoms with Crippen molar-refractivity contribution < 1.29 is 9.53 Å². The summed E-state index contributed by atoms with van der Waals surface area (Å²) in [6.45, 7) is 0. The monoisotopic (exact) mass is 414 g/mol. The maximum Gasteiger partial charge on any atom is 0.343 e. The highest BCUT2D eigenvalue weighted by molar-refractivity contribution is 6.21. The molecule has 0 unspecified atom stereocenters. The van der Waals surface area contributed by atoms with Crippen LogP contribution in [0.1, 0.15) is 11.1 Å². The molecule has 0 fully saturated rings. The molecule has 0 bridgehead atoms. The number of benzene rings is 5. The van der Waals surface area contributed by atoms with Crippen LogP contribution in [0.4, 0.5) is 0 Å². The molecule has 5 aromatic rings. The molecule has 0 aromatic heterocycles. The summed E-state index contributed by atoms with van der Waals surface area (Å²) in [4.78, 5) is 13.5. The fourth-order valence-corrected chi connectivity index (χ4v) is 4.04. The van der Waals surface area contributed by atoms with E-state index in [9.17, 15) is 4.79 Å². The number of allylic oxidation sites excluding steroid dienone is 1. The van der Waals surface area contributed by atoms with Crippen molar-refractivity contribution in [3.8, 4) is 5.75 Å². The fourth-order valence-electron chi connectivity index (χ4n) is 4.04. The first-order valence-corrected chi connectivity index (χ1v) is 10.7. The minimum Gasteiger partial charge on any atom is -0.422 e. The van der Waals surface area contributed by atoms with Gasteiger partial charge in [-0.25, -0.2) is 4.79 Å². The van der Waals surface area contributed by atoms with Crippen molar-refractivity contribution >= 4 is 33.1 Å². The van der Waals surface area contributed by atoms with Crippen molar-refractivity contribution in [3.63, 3.8) is 0 Å². The van der Waals surface area contributed by atoms with E-state index in [0.29, 0.717) is 17.7 Å². The molecule has 0 spiro atoms. The number of carbonyl (C=O) groups is 1. The minimum atomic E-state index is -0.353. The van der Waals surface area contributed by atoms with Gasteiger partial charge in [0.25, 0.3) is 0 Å². The normalized spacial score (nSPS) is 11.6. The van der Waals surface area contributed by atoms with Gasteiger partial charge in [0.05, 0.1) is 5.57 Å². The van der Waals surface area contributed by atoms with Gasteiger partial charge in [0, 0.05) is 5.39 Å². The molecule has 0 amide bonds. The number of hydrogen-bond donors (Lipinski definition) is 0. The third kappa shape index (κ3) is 4.03. The molecule has 2 nitrogen and oxygen atoms in total. The average molecular weight is 415 g/mol. The SMILES string of the molecule is O=C(Oc1cccc2ccccc12)C(=CCc1ccccc1)c1cccc2ccccc12. The lowest BCUT2D eigenvalue weighted by molar-refractivity contribution is -0.127. The molecule has 0 aliphatic carbocycles. The first-order valence-electron chi connectivity index (χ1n) is 10.7. The number of ether oxygens (including phenoxy) is 1. The quantitative estimate of drug-likeness (QED) is 0.172. The van der Waals surface area contributed by atoms with Crippen LogP contribution in [0.25, 0.3) is 27.1 Å². The van der Waals surface area contributed by atoms with Crippen LogP contribution in [0.5, 0.6) is 5.75 Å². The van der Waals surface area contributed by atoms with E-state index in [-0.39, 0.29) is 5.97 Å². The van der Waals surface area contributed by atoms with Gasteiger partial charge in [0.2, 0.25) is 0 Å². The topological polar surface area (TPSA) is 26.3 Å². The Morgan fingerprint density at radius 1 is 0.625 bits per heavy atom. The van der Waals surface area contributed by atoms with E-state index in [1.54, 1.807) is 0 Å². The van der Waals surface area contributed by atoms with Gasteiger partial charge in [0.15, 0.2) is 0 Å². The molecule has 0 saturated carbocycles. The second-order valence-corrected chi connectivity index (χ2v) is 7.70. The van der Waals surface area contributed by atoms with Crippen LogP contribution < -0.4 is 4.74 Å². The molecule has 0 N–H and O–H groups in total. The van der Waals surface area contributed by atoms with E-state index < -0.39 is 0 Å². The molecule has 5 rings (SSSR count). The Labute approximate surface area is 187 Å². The third-order valence-electron chi connectivity index (χ3n) is 5.64. The molecule has 0 atom stereocenters. The van der Waals surface area contributed by atoms with E-state index >= 15 is 0 Å². The van der Waals surface area contributed by atoms with Crippen molar-refractivity contribution in [2.24, 2.45) is 0 Å². The number of fused-ring (bicyclic) bond motifs is 2. The molecule has 0 aliphatic rings. The van der Waals surface area contributed by atoms with Crippen LogP contribution in [0.15, 0.2) is 121 Å². The molecule has 5 aromatic carbocycles. The van der Waals surface area contributed by atoms with Gasteiger partial charge in [-0.15, -0.1) is 0 Å². The lowest BCUT2D eigenvalue weighted by Gasteiger charge is -2.13. The Kier molecular flexibility index (Phi) is 5.50. The van der Waals surface area contributed by atoms with Gasteiger partial charge < -0.3 is 4.74 Å². The van der Waals surface area contributed by atoms with Gasteiger partial charge in [-0.3, -0.25) is 0 Å². The van der Waals surface area contributed by atoms with Crippen molar-refractivity contribution in [1.29, 1.82) is 0 Å². The van der Waals surface area contributed by atoms with Gasteiger partial charge in [-0.05, 0) is 39.8 Å². The fraction of sp³-hybridized carbons (Fsp3) is 0.0333. The van der Waals surface area contributed by atoms with E-state index in [0.717, 1.165) is 32.7 Å². The van der Waals surface area contributed by atoms with E-state index in [2.05, 4.69) is 24.3 Å². The Bertz CT molecular complexity index is 1420. The number of carbonyl (C=O) groups excluding carboxylic acids is 1. The van der Waals surface area contributed by atoms with Crippen molar-refractivity contribution in [2.45, 2.75) is 6.42 Å². The zero-order valence-electron chi connectivity index (χ0n) is 17.6. The predicted octanol–water partition coefficient (Wildman–Crippen LogP) is 7.22. The Morgan fingerprint density at radius 2 is 1.22 bits per heavy atom. The summed E-state index contributed by atoms with van der Waals surface area (Å²) in [6.07, 6.45) is 2.62. The Morgan fingerprint density at radius 3 is 2.00 bits per heavy atom. The molecule has 154 valence electrons. The minimum absolute atomic E-state index is 0.353. The highest BCUT2D eigenvalue weighted by Crippen LogP contribution is 2.30. The predicted molar refractivity (Wildman–Crippen MR) is 132 cm³/mol. The summed E-state index contributed by atoms with van der Waals surface area (Å²) in [7, 11) is 0. The Hall–Kier alpha value is -4.17. The van der Waals surface area contributed by atoms with Crippen LogP contribution >= 0.6 is 0 Å². The van der Waals surface area contributed by atoms with Crippen LogP contribution in [-0.4, -0.2) is 5.97 Å². The van der Waals surface area contributed by atoms with Crippen molar-refractivity contribution in [1.82, 2.24) is 0 Å². The lowest BCUT2D eigenvalue weighted by atomic mass is 9.96. The molecule has 32 heavy (non-hydrogen) atoms. The first-order chi connectivity index (χ1) is 15.8. The maximum absolute atomic E-state index is 13.5. The van der Waals surface area contributed by atoms with Crippen molar-refractivity contribution in [3.05, 3.63) is 132 Å².